The van der Waals surface area contributed by atoms with E-state index in [2.05, 4.69) is 26.2 Å². The molecular weight excluding hydrogens is 342 g/mol. The molecule has 3 rings (SSSR count). The molecule has 1 aromatic heterocycles. The van der Waals surface area contributed by atoms with Crippen molar-refractivity contribution in [3.05, 3.63) is 52.1 Å². The summed E-state index contributed by atoms with van der Waals surface area (Å²) in [5.41, 5.74) is 0.488. The highest BCUT2D eigenvalue weighted by Crippen LogP contribution is 2.28. The zero-order chi connectivity index (χ0) is 14.8. The largest absolute Gasteiger partial charge is 0.436 e. The summed E-state index contributed by atoms with van der Waals surface area (Å²) >= 11 is 3.16. The fourth-order valence-electron chi connectivity index (χ4n) is 1.91. The molecule has 1 aliphatic carbocycles. The fourth-order valence-corrected chi connectivity index (χ4v) is 2.35. The lowest BCUT2D eigenvalue weighted by molar-refractivity contribution is 0.414. The molecule has 0 spiro atoms. The Kier molecular flexibility index (Phi) is 4.17. The van der Waals surface area contributed by atoms with E-state index in [1.807, 2.05) is 0 Å². The maximum absolute atomic E-state index is 14.3. The van der Waals surface area contributed by atoms with E-state index in [0.717, 1.165) is 12.8 Å². The lowest BCUT2D eigenvalue weighted by atomic mass is 10.2. The Labute approximate surface area is 129 Å². The third-order valence-electron chi connectivity index (χ3n) is 3.15. The minimum atomic E-state index is -0.522. The van der Waals surface area contributed by atoms with Crippen LogP contribution in [0.2, 0.25) is 0 Å². The smallest absolute Gasteiger partial charge is 0.256 e. The Morgan fingerprint density at radius 1 is 1.29 bits per heavy atom. The molecular formula is C15H13BrF2N2O. The summed E-state index contributed by atoms with van der Waals surface area (Å²) < 4.78 is 33.5. The Bertz CT molecular complexity index is 642. The first-order chi connectivity index (χ1) is 10.1. The summed E-state index contributed by atoms with van der Waals surface area (Å²) in [5, 5.41) is 3.23. The maximum Gasteiger partial charge on any atom is 0.256 e. The summed E-state index contributed by atoms with van der Waals surface area (Å²) in [6.07, 6.45) is 3.75. The molecule has 1 N–H and O–H groups in total. The molecule has 0 aliphatic heterocycles. The van der Waals surface area contributed by atoms with Gasteiger partial charge in [-0.25, -0.2) is 13.8 Å². The number of rotatable bonds is 5. The van der Waals surface area contributed by atoms with Crippen molar-refractivity contribution in [2.45, 2.75) is 25.4 Å². The number of aromatic nitrogens is 1. The van der Waals surface area contributed by atoms with Gasteiger partial charge in [-0.2, -0.15) is 0 Å². The monoisotopic (exact) mass is 354 g/mol. The van der Waals surface area contributed by atoms with Crippen molar-refractivity contribution < 1.29 is 13.5 Å². The van der Waals surface area contributed by atoms with Gasteiger partial charge in [-0.15, -0.1) is 0 Å². The van der Waals surface area contributed by atoms with Crippen LogP contribution in [0.15, 0.2) is 34.9 Å². The third kappa shape index (κ3) is 3.77. The lowest BCUT2D eigenvalue weighted by Crippen LogP contribution is -2.16. The van der Waals surface area contributed by atoms with Gasteiger partial charge in [-0.3, -0.25) is 0 Å². The Morgan fingerprint density at radius 2 is 2.10 bits per heavy atom. The van der Waals surface area contributed by atoms with E-state index in [0.29, 0.717) is 22.6 Å². The van der Waals surface area contributed by atoms with Crippen molar-refractivity contribution in [1.29, 1.82) is 0 Å². The highest BCUT2D eigenvalue weighted by Gasteiger charge is 2.21. The van der Waals surface area contributed by atoms with Gasteiger partial charge in [0.15, 0.2) is 5.82 Å². The number of benzene rings is 1. The van der Waals surface area contributed by atoms with Crippen molar-refractivity contribution in [3.8, 4) is 11.6 Å². The van der Waals surface area contributed by atoms with Gasteiger partial charge in [0, 0.05) is 34.9 Å². The van der Waals surface area contributed by atoms with Gasteiger partial charge in [0.25, 0.3) is 5.88 Å². The molecule has 0 atom stereocenters. The Hall–Kier alpha value is -1.53. The van der Waals surface area contributed by atoms with Crippen LogP contribution in [0.25, 0.3) is 0 Å². The maximum atomic E-state index is 14.3. The first-order valence-corrected chi connectivity index (χ1v) is 7.42. The predicted octanol–water partition coefficient (Wildman–Crippen LogP) is 4.17. The van der Waals surface area contributed by atoms with Crippen molar-refractivity contribution in [2.24, 2.45) is 0 Å². The fraction of sp³-hybridized carbons (Fsp3) is 0.267. The van der Waals surface area contributed by atoms with Gasteiger partial charge < -0.3 is 10.1 Å². The number of nitrogens with one attached hydrogen (secondary N) is 1. The van der Waals surface area contributed by atoms with Crippen LogP contribution >= 0.6 is 15.9 Å². The third-order valence-corrected chi connectivity index (χ3v) is 3.60. The molecule has 1 aliphatic rings. The zero-order valence-corrected chi connectivity index (χ0v) is 12.7. The average Bonchev–Trinajstić information content (AvgIpc) is 3.23. The molecule has 0 amide bonds. The van der Waals surface area contributed by atoms with E-state index in [4.69, 9.17) is 4.74 Å². The highest BCUT2D eigenvalue weighted by molar-refractivity contribution is 9.10. The molecule has 1 aromatic carbocycles. The van der Waals surface area contributed by atoms with Gasteiger partial charge >= 0.3 is 0 Å². The minimum absolute atomic E-state index is 0.150. The predicted molar refractivity (Wildman–Crippen MR) is 78.2 cm³/mol. The van der Waals surface area contributed by atoms with Gasteiger partial charge in [0.2, 0.25) is 0 Å². The summed E-state index contributed by atoms with van der Waals surface area (Å²) in [5.74, 6) is -0.944. The molecule has 1 saturated carbocycles. The van der Waals surface area contributed by atoms with E-state index in [9.17, 15) is 8.78 Å². The molecule has 21 heavy (non-hydrogen) atoms. The average molecular weight is 355 g/mol. The van der Waals surface area contributed by atoms with Crippen molar-refractivity contribution in [3.63, 3.8) is 0 Å². The standard InChI is InChI=1S/C15H13BrF2N2O/c16-10-5-11(17)7-13(6-10)21-15-14(18)9(3-4-19-15)8-20-12-1-2-12/h3-7,12,20H,1-2,8H2. The van der Waals surface area contributed by atoms with E-state index in [1.54, 1.807) is 12.1 Å². The molecule has 0 radical (unpaired) electrons. The molecule has 0 unspecified atom stereocenters. The quantitative estimate of drug-likeness (QED) is 0.874. The topological polar surface area (TPSA) is 34.1 Å². The number of halogens is 3. The zero-order valence-electron chi connectivity index (χ0n) is 11.1. The molecule has 3 nitrogen and oxygen atoms in total. The van der Waals surface area contributed by atoms with Gasteiger partial charge in [0.05, 0.1) is 0 Å². The summed E-state index contributed by atoms with van der Waals surface area (Å²) in [7, 11) is 0. The van der Waals surface area contributed by atoms with Crippen molar-refractivity contribution in [2.75, 3.05) is 0 Å². The summed E-state index contributed by atoms with van der Waals surface area (Å²) in [6.45, 7) is 0.433. The first-order valence-electron chi connectivity index (χ1n) is 6.62. The molecule has 110 valence electrons. The molecule has 0 saturated heterocycles. The van der Waals surface area contributed by atoms with E-state index >= 15 is 0 Å². The number of nitrogens with zero attached hydrogens (tertiary/aromatic N) is 1. The highest BCUT2D eigenvalue weighted by atomic mass is 79.9. The van der Waals surface area contributed by atoms with Crippen LogP contribution in [0.5, 0.6) is 11.6 Å². The number of ether oxygens (including phenoxy) is 1. The number of hydrogen-bond acceptors (Lipinski definition) is 3. The summed E-state index contributed by atoms with van der Waals surface area (Å²) in [6, 6.07) is 6.13. The van der Waals surface area contributed by atoms with Crippen LogP contribution in [0.3, 0.4) is 0 Å². The SMILES string of the molecule is Fc1cc(Br)cc(Oc2nccc(CNC3CC3)c2F)c1. The normalized spacial score (nSPS) is 14.2. The van der Waals surface area contributed by atoms with Crippen LogP contribution in [-0.2, 0) is 6.54 Å². The van der Waals surface area contributed by atoms with E-state index < -0.39 is 11.6 Å². The van der Waals surface area contributed by atoms with Crippen LogP contribution in [-0.4, -0.2) is 11.0 Å². The Morgan fingerprint density at radius 3 is 2.81 bits per heavy atom. The molecule has 6 heteroatoms. The van der Waals surface area contributed by atoms with E-state index in [1.165, 1.54) is 18.3 Å². The van der Waals surface area contributed by atoms with Gasteiger partial charge in [0.1, 0.15) is 11.6 Å². The Balaban J connectivity index is 1.79. The van der Waals surface area contributed by atoms with Gasteiger partial charge in [-0.05, 0) is 31.0 Å². The molecule has 0 bridgehead atoms. The van der Waals surface area contributed by atoms with Crippen LogP contribution in [0.4, 0.5) is 8.78 Å². The van der Waals surface area contributed by atoms with Crippen LogP contribution < -0.4 is 10.1 Å². The number of hydrogen-bond donors (Lipinski definition) is 1. The second-order valence-corrected chi connectivity index (χ2v) is 5.87. The minimum Gasteiger partial charge on any atom is -0.436 e. The second-order valence-electron chi connectivity index (χ2n) is 4.95. The lowest BCUT2D eigenvalue weighted by Gasteiger charge is -2.10. The van der Waals surface area contributed by atoms with Gasteiger partial charge in [-0.1, -0.05) is 15.9 Å². The van der Waals surface area contributed by atoms with Crippen LogP contribution in [0.1, 0.15) is 18.4 Å². The van der Waals surface area contributed by atoms with E-state index in [-0.39, 0.29) is 11.6 Å². The van der Waals surface area contributed by atoms with Crippen molar-refractivity contribution >= 4 is 15.9 Å². The van der Waals surface area contributed by atoms with Crippen LogP contribution in [0, 0.1) is 11.6 Å². The first kappa shape index (κ1) is 14.4. The molecule has 1 fully saturated rings. The molecule has 1 heterocycles. The second kappa shape index (κ2) is 6.07. The van der Waals surface area contributed by atoms with Crippen molar-refractivity contribution in [1.82, 2.24) is 10.3 Å². The number of pyridine rings is 1. The molecule has 2 aromatic rings. The summed E-state index contributed by atoms with van der Waals surface area (Å²) in [4.78, 5) is 3.87.